The lowest BCUT2D eigenvalue weighted by Gasteiger charge is -2.39. The fraction of sp³-hybridized carbons (Fsp3) is 0.560. The SMILES string of the molecule is Cc1ccc(-c2cnc(CCC(=O)N3CCN(C(C)C(=O)N4CCCCC4)CC3)o2)cc1. The summed E-state index contributed by atoms with van der Waals surface area (Å²) in [6.45, 7) is 8.62. The van der Waals surface area contributed by atoms with Gasteiger partial charge in [0, 0.05) is 57.7 Å². The standard InChI is InChI=1S/C25H34N4O3/c1-19-6-8-21(9-7-19)22-18-26-23(32-22)10-11-24(30)28-16-14-27(15-17-28)20(2)25(31)29-12-4-3-5-13-29/h6-9,18,20H,3-5,10-17H2,1-2H3. The number of aryl methyl sites for hydroxylation is 2. The van der Waals surface area contributed by atoms with Crippen molar-refractivity contribution >= 4 is 11.8 Å². The minimum atomic E-state index is -0.113. The summed E-state index contributed by atoms with van der Waals surface area (Å²) in [6.07, 6.45) is 6.05. The Balaban J connectivity index is 1.22. The van der Waals surface area contributed by atoms with E-state index < -0.39 is 0 Å². The molecule has 0 saturated carbocycles. The predicted molar refractivity (Wildman–Crippen MR) is 123 cm³/mol. The Bertz CT molecular complexity index is 910. The van der Waals surface area contributed by atoms with Crippen molar-refractivity contribution in [1.82, 2.24) is 19.7 Å². The highest BCUT2D eigenvalue weighted by molar-refractivity contribution is 5.81. The Morgan fingerprint density at radius 1 is 0.969 bits per heavy atom. The third-order valence-electron chi connectivity index (χ3n) is 6.68. The number of carbonyl (C=O) groups is 2. The van der Waals surface area contributed by atoms with Crippen LogP contribution in [0.15, 0.2) is 34.9 Å². The summed E-state index contributed by atoms with van der Waals surface area (Å²) in [4.78, 5) is 35.9. The number of nitrogens with zero attached hydrogens (tertiary/aromatic N) is 4. The Morgan fingerprint density at radius 3 is 2.34 bits per heavy atom. The van der Waals surface area contributed by atoms with Gasteiger partial charge < -0.3 is 14.2 Å². The molecule has 2 fully saturated rings. The van der Waals surface area contributed by atoms with Crippen LogP contribution in [0.3, 0.4) is 0 Å². The van der Waals surface area contributed by atoms with Crippen molar-refractivity contribution in [1.29, 1.82) is 0 Å². The fourth-order valence-corrected chi connectivity index (χ4v) is 4.54. The molecule has 7 nitrogen and oxygen atoms in total. The summed E-state index contributed by atoms with van der Waals surface area (Å²) in [5.41, 5.74) is 2.19. The summed E-state index contributed by atoms with van der Waals surface area (Å²) >= 11 is 0. The first-order valence-corrected chi connectivity index (χ1v) is 11.8. The molecule has 2 aliphatic heterocycles. The largest absolute Gasteiger partial charge is 0.441 e. The predicted octanol–water partition coefficient (Wildman–Crippen LogP) is 3.13. The molecule has 3 heterocycles. The van der Waals surface area contributed by atoms with Crippen LogP contribution in [-0.4, -0.2) is 76.8 Å². The van der Waals surface area contributed by atoms with Crippen molar-refractivity contribution in [2.45, 2.75) is 52.0 Å². The van der Waals surface area contributed by atoms with Gasteiger partial charge in [-0.3, -0.25) is 14.5 Å². The molecule has 0 spiro atoms. The van der Waals surface area contributed by atoms with Gasteiger partial charge in [0.2, 0.25) is 11.8 Å². The molecule has 172 valence electrons. The second-order valence-corrected chi connectivity index (χ2v) is 8.96. The molecule has 1 aromatic carbocycles. The lowest BCUT2D eigenvalue weighted by atomic mass is 10.1. The molecule has 0 radical (unpaired) electrons. The minimum absolute atomic E-state index is 0.113. The first-order chi connectivity index (χ1) is 15.5. The van der Waals surface area contributed by atoms with Crippen LogP contribution in [0.4, 0.5) is 0 Å². The quantitative estimate of drug-likeness (QED) is 0.693. The molecule has 0 N–H and O–H groups in total. The van der Waals surface area contributed by atoms with Gasteiger partial charge in [-0.1, -0.05) is 29.8 Å². The lowest BCUT2D eigenvalue weighted by Crippen LogP contribution is -2.56. The highest BCUT2D eigenvalue weighted by Gasteiger charge is 2.30. The molecular weight excluding hydrogens is 404 g/mol. The molecule has 4 rings (SSSR count). The molecule has 1 atom stereocenters. The van der Waals surface area contributed by atoms with E-state index in [0.29, 0.717) is 31.8 Å². The van der Waals surface area contributed by atoms with E-state index in [9.17, 15) is 9.59 Å². The molecular formula is C25H34N4O3. The van der Waals surface area contributed by atoms with Crippen LogP contribution in [0.5, 0.6) is 0 Å². The van der Waals surface area contributed by atoms with E-state index in [1.165, 1.54) is 12.0 Å². The van der Waals surface area contributed by atoms with Crippen LogP contribution in [0.25, 0.3) is 11.3 Å². The number of oxazole rings is 1. The average Bonchev–Trinajstić information content (AvgIpc) is 3.32. The van der Waals surface area contributed by atoms with Gasteiger partial charge in [-0.05, 0) is 33.1 Å². The highest BCUT2D eigenvalue weighted by atomic mass is 16.4. The number of hydrogen-bond donors (Lipinski definition) is 0. The number of amides is 2. The average molecular weight is 439 g/mol. The first kappa shape index (κ1) is 22.5. The van der Waals surface area contributed by atoms with Crippen LogP contribution in [0.1, 0.15) is 44.1 Å². The van der Waals surface area contributed by atoms with Crippen LogP contribution in [0, 0.1) is 6.92 Å². The number of carbonyl (C=O) groups excluding carboxylic acids is 2. The van der Waals surface area contributed by atoms with E-state index in [1.807, 2.05) is 47.9 Å². The van der Waals surface area contributed by atoms with Crippen LogP contribution < -0.4 is 0 Å². The maximum Gasteiger partial charge on any atom is 0.239 e. The summed E-state index contributed by atoms with van der Waals surface area (Å²) in [5, 5.41) is 0. The number of benzene rings is 1. The number of piperazine rings is 1. The normalized spacial score (nSPS) is 18.6. The molecule has 2 aliphatic rings. The van der Waals surface area contributed by atoms with Crippen molar-refractivity contribution in [3.63, 3.8) is 0 Å². The summed E-state index contributed by atoms with van der Waals surface area (Å²) in [5.74, 6) is 1.68. The van der Waals surface area contributed by atoms with E-state index in [0.717, 1.165) is 50.3 Å². The smallest absolute Gasteiger partial charge is 0.239 e. The number of aromatic nitrogens is 1. The molecule has 1 unspecified atom stereocenters. The Labute approximate surface area is 190 Å². The second-order valence-electron chi connectivity index (χ2n) is 8.96. The molecule has 2 amide bonds. The van der Waals surface area contributed by atoms with Crippen LogP contribution in [0.2, 0.25) is 0 Å². The molecule has 0 bridgehead atoms. The van der Waals surface area contributed by atoms with Crippen molar-refractivity contribution in [2.24, 2.45) is 0 Å². The molecule has 2 aromatic rings. The third kappa shape index (κ3) is 5.38. The Kier molecular flexibility index (Phi) is 7.25. The number of hydrogen-bond acceptors (Lipinski definition) is 5. The van der Waals surface area contributed by atoms with Gasteiger partial charge in [0.05, 0.1) is 12.2 Å². The molecule has 2 saturated heterocycles. The first-order valence-electron chi connectivity index (χ1n) is 11.8. The maximum atomic E-state index is 12.8. The van der Waals surface area contributed by atoms with Crippen molar-refractivity contribution in [2.75, 3.05) is 39.3 Å². The van der Waals surface area contributed by atoms with E-state index in [-0.39, 0.29) is 17.9 Å². The van der Waals surface area contributed by atoms with Gasteiger partial charge in [-0.2, -0.15) is 0 Å². The van der Waals surface area contributed by atoms with Gasteiger partial charge >= 0.3 is 0 Å². The summed E-state index contributed by atoms with van der Waals surface area (Å²) in [7, 11) is 0. The fourth-order valence-electron chi connectivity index (χ4n) is 4.54. The maximum absolute atomic E-state index is 12.8. The number of likely N-dealkylation sites (tertiary alicyclic amines) is 1. The third-order valence-corrected chi connectivity index (χ3v) is 6.68. The van der Waals surface area contributed by atoms with Crippen LogP contribution >= 0.6 is 0 Å². The molecule has 7 heteroatoms. The van der Waals surface area contributed by atoms with Crippen LogP contribution in [-0.2, 0) is 16.0 Å². The second kappa shape index (κ2) is 10.3. The minimum Gasteiger partial charge on any atom is -0.441 e. The Morgan fingerprint density at radius 2 is 1.66 bits per heavy atom. The van der Waals surface area contributed by atoms with E-state index in [4.69, 9.17) is 4.42 Å². The lowest BCUT2D eigenvalue weighted by molar-refractivity contribution is -0.139. The van der Waals surface area contributed by atoms with Gasteiger partial charge in [0.15, 0.2) is 11.7 Å². The monoisotopic (exact) mass is 438 g/mol. The molecule has 0 aliphatic carbocycles. The summed E-state index contributed by atoms with van der Waals surface area (Å²) < 4.78 is 5.85. The van der Waals surface area contributed by atoms with E-state index in [1.54, 1.807) is 6.20 Å². The van der Waals surface area contributed by atoms with E-state index >= 15 is 0 Å². The Hall–Kier alpha value is -2.67. The number of rotatable bonds is 6. The van der Waals surface area contributed by atoms with Crippen molar-refractivity contribution in [3.05, 3.63) is 41.9 Å². The van der Waals surface area contributed by atoms with Gasteiger partial charge in [-0.25, -0.2) is 4.98 Å². The highest BCUT2D eigenvalue weighted by Crippen LogP contribution is 2.21. The van der Waals surface area contributed by atoms with Crippen molar-refractivity contribution in [3.8, 4) is 11.3 Å². The van der Waals surface area contributed by atoms with Gasteiger partial charge in [0.25, 0.3) is 0 Å². The van der Waals surface area contributed by atoms with Gasteiger partial charge in [-0.15, -0.1) is 0 Å². The van der Waals surface area contributed by atoms with Crippen molar-refractivity contribution < 1.29 is 14.0 Å². The molecule has 32 heavy (non-hydrogen) atoms. The summed E-state index contributed by atoms with van der Waals surface area (Å²) in [6, 6.07) is 8.00. The zero-order valence-corrected chi connectivity index (χ0v) is 19.3. The molecule has 1 aromatic heterocycles. The topological polar surface area (TPSA) is 69.9 Å². The number of piperidine rings is 1. The van der Waals surface area contributed by atoms with E-state index in [2.05, 4.69) is 9.88 Å². The zero-order chi connectivity index (χ0) is 22.5. The zero-order valence-electron chi connectivity index (χ0n) is 19.3. The van der Waals surface area contributed by atoms with Gasteiger partial charge in [0.1, 0.15) is 0 Å².